The Morgan fingerprint density at radius 2 is 1.75 bits per heavy atom. The van der Waals surface area contributed by atoms with Crippen LogP contribution >= 0.6 is 0 Å². The lowest BCUT2D eigenvalue weighted by atomic mass is 9.83. The Labute approximate surface area is 97.2 Å². The van der Waals surface area contributed by atoms with Crippen LogP contribution in [0.15, 0.2) is 0 Å². The molecule has 1 saturated carbocycles. The molecule has 1 rings (SSSR count). The summed E-state index contributed by atoms with van der Waals surface area (Å²) in [5.74, 6) is 1.32. The molecule has 0 aromatic heterocycles. The van der Waals surface area contributed by atoms with E-state index in [1.807, 2.05) is 0 Å². The summed E-state index contributed by atoms with van der Waals surface area (Å²) < 4.78 is 15.3. The summed E-state index contributed by atoms with van der Waals surface area (Å²) >= 11 is 0. The highest BCUT2D eigenvalue weighted by atomic mass is 16.7. The fraction of sp³-hybridized carbons (Fsp3) is 0.917. The molecule has 0 aromatic rings. The van der Waals surface area contributed by atoms with E-state index in [0.29, 0.717) is 24.9 Å². The summed E-state index contributed by atoms with van der Waals surface area (Å²) in [5, 5.41) is 0. The lowest BCUT2D eigenvalue weighted by Crippen LogP contribution is -2.23. The van der Waals surface area contributed by atoms with Gasteiger partial charge in [-0.3, -0.25) is 4.79 Å². The van der Waals surface area contributed by atoms with Crippen molar-refractivity contribution >= 4 is 6.47 Å². The normalized spacial score (nSPS) is 27.4. The number of carbonyl (C=O) groups excluding carboxylic acids is 1. The second-order valence-electron chi connectivity index (χ2n) is 4.48. The van der Waals surface area contributed by atoms with E-state index < -0.39 is 6.29 Å². The van der Waals surface area contributed by atoms with E-state index in [9.17, 15) is 4.79 Å². The molecule has 0 radical (unpaired) electrons. The van der Waals surface area contributed by atoms with Crippen molar-refractivity contribution in [2.24, 2.45) is 11.8 Å². The first kappa shape index (κ1) is 13.5. The Hall–Kier alpha value is -0.610. The molecule has 0 spiro atoms. The van der Waals surface area contributed by atoms with Crippen LogP contribution in [0.1, 0.15) is 32.6 Å². The van der Waals surface area contributed by atoms with Gasteiger partial charge < -0.3 is 14.2 Å². The smallest absolute Gasteiger partial charge is 0.295 e. The van der Waals surface area contributed by atoms with E-state index in [0.717, 1.165) is 6.61 Å². The highest BCUT2D eigenvalue weighted by molar-refractivity contribution is 5.37. The molecular formula is C12H22O4. The van der Waals surface area contributed by atoms with Crippen LogP contribution in [0, 0.1) is 11.8 Å². The maximum atomic E-state index is 10.1. The van der Waals surface area contributed by atoms with Crippen LogP contribution in [0.3, 0.4) is 0 Å². The van der Waals surface area contributed by atoms with Crippen molar-refractivity contribution in [3.05, 3.63) is 0 Å². The van der Waals surface area contributed by atoms with E-state index in [-0.39, 0.29) is 0 Å². The molecule has 0 aliphatic heterocycles. The zero-order valence-corrected chi connectivity index (χ0v) is 10.2. The van der Waals surface area contributed by atoms with Crippen LogP contribution in [0.4, 0.5) is 0 Å². The average molecular weight is 230 g/mol. The van der Waals surface area contributed by atoms with Gasteiger partial charge in [0.2, 0.25) is 0 Å². The molecular weight excluding hydrogens is 208 g/mol. The van der Waals surface area contributed by atoms with Crippen LogP contribution in [0.2, 0.25) is 0 Å². The molecule has 1 aliphatic carbocycles. The van der Waals surface area contributed by atoms with Crippen molar-refractivity contribution in [3.8, 4) is 0 Å². The lowest BCUT2D eigenvalue weighted by Gasteiger charge is -2.28. The van der Waals surface area contributed by atoms with Gasteiger partial charge in [-0.2, -0.15) is 0 Å². The Morgan fingerprint density at radius 1 is 1.19 bits per heavy atom. The topological polar surface area (TPSA) is 44.8 Å². The molecule has 0 N–H and O–H groups in total. The van der Waals surface area contributed by atoms with Gasteiger partial charge in [0.05, 0.1) is 6.61 Å². The number of hydrogen-bond donors (Lipinski definition) is 0. The predicted molar refractivity (Wildman–Crippen MR) is 59.9 cm³/mol. The maximum absolute atomic E-state index is 10.1. The van der Waals surface area contributed by atoms with Gasteiger partial charge in [0.15, 0.2) is 6.29 Å². The Kier molecular flexibility index (Phi) is 6.42. The first-order chi connectivity index (χ1) is 7.76. The van der Waals surface area contributed by atoms with Crippen LogP contribution < -0.4 is 0 Å². The van der Waals surface area contributed by atoms with Gasteiger partial charge in [-0.1, -0.05) is 0 Å². The van der Waals surface area contributed by atoms with E-state index in [2.05, 4.69) is 4.74 Å². The molecule has 4 nitrogen and oxygen atoms in total. The zero-order valence-electron chi connectivity index (χ0n) is 10.2. The van der Waals surface area contributed by atoms with Gasteiger partial charge in [-0.25, -0.2) is 0 Å². The largest absolute Gasteiger partial charge is 0.438 e. The standard InChI is InChI=1S/C12H22O4/c1-10(16-9-13)15-8-12-5-3-11(4-6-12)7-14-2/h9-12H,3-8H2,1-2H3. The Bertz CT molecular complexity index is 187. The highest BCUT2D eigenvalue weighted by Gasteiger charge is 2.21. The Morgan fingerprint density at radius 3 is 2.25 bits per heavy atom. The van der Waals surface area contributed by atoms with Crippen molar-refractivity contribution in [2.75, 3.05) is 20.3 Å². The van der Waals surface area contributed by atoms with Gasteiger partial charge in [-0.05, 0) is 44.4 Å². The third-order valence-corrected chi connectivity index (χ3v) is 3.18. The summed E-state index contributed by atoms with van der Waals surface area (Å²) in [5.41, 5.74) is 0. The van der Waals surface area contributed by atoms with Gasteiger partial charge >= 0.3 is 0 Å². The SMILES string of the molecule is COCC1CCC(COC(C)OC=O)CC1. The molecule has 94 valence electrons. The van der Waals surface area contributed by atoms with Gasteiger partial charge in [-0.15, -0.1) is 0 Å². The number of rotatable bonds is 7. The van der Waals surface area contributed by atoms with Crippen molar-refractivity contribution in [3.63, 3.8) is 0 Å². The van der Waals surface area contributed by atoms with Crippen LogP contribution in [-0.2, 0) is 19.0 Å². The molecule has 0 amide bonds. The fourth-order valence-corrected chi connectivity index (χ4v) is 2.19. The van der Waals surface area contributed by atoms with E-state index in [4.69, 9.17) is 9.47 Å². The molecule has 4 heteroatoms. The van der Waals surface area contributed by atoms with Crippen molar-refractivity contribution < 1.29 is 19.0 Å². The molecule has 1 aliphatic rings. The summed E-state index contributed by atoms with van der Waals surface area (Å²) in [6.45, 7) is 3.73. The second-order valence-corrected chi connectivity index (χ2v) is 4.48. The minimum Gasteiger partial charge on any atom is -0.438 e. The van der Waals surface area contributed by atoms with Crippen LogP contribution in [0.25, 0.3) is 0 Å². The van der Waals surface area contributed by atoms with E-state index in [1.165, 1.54) is 25.7 Å². The van der Waals surface area contributed by atoms with Crippen molar-refractivity contribution in [1.29, 1.82) is 0 Å². The second kappa shape index (κ2) is 7.63. The predicted octanol–water partition coefficient (Wildman–Crippen LogP) is 1.97. The summed E-state index contributed by atoms with van der Waals surface area (Å²) in [4.78, 5) is 10.1. The quantitative estimate of drug-likeness (QED) is 0.495. The third kappa shape index (κ3) is 4.94. The summed E-state index contributed by atoms with van der Waals surface area (Å²) in [6, 6.07) is 0. The van der Waals surface area contributed by atoms with Crippen LogP contribution in [-0.4, -0.2) is 33.1 Å². The lowest BCUT2D eigenvalue weighted by molar-refractivity contribution is -0.162. The Balaban J connectivity index is 2.09. The molecule has 1 atom stereocenters. The number of carbonyl (C=O) groups is 1. The molecule has 0 bridgehead atoms. The number of methoxy groups -OCH3 is 1. The minimum atomic E-state index is -0.422. The van der Waals surface area contributed by atoms with Gasteiger partial charge in [0.25, 0.3) is 6.47 Å². The molecule has 0 heterocycles. The van der Waals surface area contributed by atoms with Gasteiger partial charge in [0, 0.05) is 13.7 Å². The number of ether oxygens (including phenoxy) is 3. The van der Waals surface area contributed by atoms with E-state index >= 15 is 0 Å². The monoisotopic (exact) mass is 230 g/mol. The maximum Gasteiger partial charge on any atom is 0.295 e. The zero-order chi connectivity index (χ0) is 11.8. The van der Waals surface area contributed by atoms with Crippen molar-refractivity contribution in [1.82, 2.24) is 0 Å². The van der Waals surface area contributed by atoms with Crippen LogP contribution in [0.5, 0.6) is 0 Å². The summed E-state index contributed by atoms with van der Waals surface area (Å²) in [7, 11) is 1.76. The average Bonchev–Trinajstić information content (AvgIpc) is 2.29. The first-order valence-electron chi connectivity index (χ1n) is 5.96. The van der Waals surface area contributed by atoms with E-state index in [1.54, 1.807) is 14.0 Å². The van der Waals surface area contributed by atoms with Gasteiger partial charge in [0.1, 0.15) is 0 Å². The molecule has 16 heavy (non-hydrogen) atoms. The molecule has 0 aromatic carbocycles. The molecule has 0 saturated heterocycles. The highest BCUT2D eigenvalue weighted by Crippen LogP contribution is 2.29. The first-order valence-corrected chi connectivity index (χ1v) is 5.96. The number of hydrogen-bond acceptors (Lipinski definition) is 4. The fourth-order valence-electron chi connectivity index (χ4n) is 2.19. The molecule has 1 fully saturated rings. The minimum absolute atomic E-state index is 0.422. The molecule has 1 unspecified atom stereocenters. The summed E-state index contributed by atoms with van der Waals surface area (Å²) in [6.07, 6.45) is 4.37. The van der Waals surface area contributed by atoms with Crippen molar-refractivity contribution in [2.45, 2.75) is 38.9 Å². The third-order valence-electron chi connectivity index (χ3n) is 3.18.